The summed E-state index contributed by atoms with van der Waals surface area (Å²) in [5, 5.41) is 9.14. The largest absolute Gasteiger partial charge is 0.497 e. The molecule has 2 rings (SSSR count). The van der Waals surface area contributed by atoms with E-state index in [1.54, 1.807) is 61.7 Å². The standard InChI is InChI=1S/C19H14BrNO4/c1-24-17-8-2-13(3-9-17)10-15(11-21)19(23)25-12-18(22)14-4-6-16(20)7-5-14/h2-10H,12H2,1H3/b15-10-. The molecule has 0 aliphatic carbocycles. The number of methoxy groups -OCH3 is 1. The van der Waals surface area contributed by atoms with Crippen LogP contribution in [0, 0.1) is 11.3 Å². The van der Waals surface area contributed by atoms with Crippen molar-refractivity contribution in [3.8, 4) is 11.8 Å². The fraction of sp³-hybridized carbons (Fsp3) is 0.105. The molecule has 0 fully saturated rings. The number of halogens is 1. The van der Waals surface area contributed by atoms with E-state index in [1.807, 2.05) is 0 Å². The molecule has 0 unspecified atom stereocenters. The smallest absolute Gasteiger partial charge is 0.349 e. The first-order valence-electron chi connectivity index (χ1n) is 7.25. The van der Waals surface area contributed by atoms with Gasteiger partial charge in [0.25, 0.3) is 0 Å². The van der Waals surface area contributed by atoms with Crippen LogP contribution in [0.15, 0.2) is 58.6 Å². The maximum absolute atomic E-state index is 12.0. The van der Waals surface area contributed by atoms with Gasteiger partial charge in [0.2, 0.25) is 0 Å². The SMILES string of the molecule is COc1ccc(/C=C(/C#N)C(=O)OCC(=O)c2ccc(Br)cc2)cc1. The Labute approximate surface area is 153 Å². The maximum Gasteiger partial charge on any atom is 0.349 e. The highest BCUT2D eigenvalue weighted by Gasteiger charge is 2.14. The molecule has 0 spiro atoms. The second-order valence-corrected chi connectivity index (χ2v) is 5.86. The van der Waals surface area contributed by atoms with Gasteiger partial charge in [0.05, 0.1) is 7.11 Å². The van der Waals surface area contributed by atoms with Gasteiger partial charge in [-0.3, -0.25) is 4.79 Å². The third kappa shape index (κ3) is 5.30. The van der Waals surface area contributed by atoms with Crippen molar-refractivity contribution >= 4 is 33.8 Å². The second kappa shape index (κ2) is 8.81. The van der Waals surface area contributed by atoms with E-state index in [0.717, 1.165) is 4.47 Å². The van der Waals surface area contributed by atoms with E-state index in [4.69, 9.17) is 14.7 Å². The summed E-state index contributed by atoms with van der Waals surface area (Å²) in [4.78, 5) is 24.0. The number of rotatable bonds is 6. The molecule has 0 aromatic heterocycles. The van der Waals surface area contributed by atoms with E-state index >= 15 is 0 Å². The fourth-order valence-corrected chi connectivity index (χ4v) is 2.20. The van der Waals surface area contributed by atoms with Gasteiger partial charge in [0, 0.05) is 10.0 Å². The van der Waals surface area contributed by atoms with E-state index in [9.17, 15) is 9.59 Å². The van der Waals surface area contributed by atoms with Crippen LogP contribution >= 0.6 is 15.9 Å². The molecule has 2 aromatic carbocycles. The maximum atomic E-state index is 12.0. The van der Waals surface area contributed by atoms with Crippen LogP contribution in [0.3, 0.4) is 0 Å². The Hall–Kier alpha value is -2.91. The fourth-order valence-electron chi connectivity index (χ4n) is 1.93. The number of carbonyl (C=O) groups excluding carboxylic acids is 2. The minimum atomic E-state index is -0.844. The molecule has 126 valence electrons. The average molecular weight is 400 g/mol. The molecule has 2 aromatic rings. The molecule has 0 N–H and O–H groups in total. The van der Waals surface area contributed by atoms with E-state index in [-0.39, 0.29) is 11.4 Å². The molecule has 0 saturated carbocycles. The quantitative estimate of drug-likeness (QED) is 0.319. The van der Waals surface area contributed by atoms with Crippen molar-refractivity contribution in [3.05, 3.63) is 69.7 Å². The number of nitrogens with zero attached hydrogens (tertiary/aromatic N) is 1. The second-order valence-electron chi connectivity index (χ2n) is 4.95. The van der Waals surface area contributed by atoms with Gasteiger partial charge in [0.15, 0.2) is 12.4 Å². The Morgan fingerprint density at radius 1 is 1.12 bits per heavy atom. The highest BCUT2D eigenvalue weighted by atomic mass is 79.9. The lowest BCUT2D eigenvalue weighted by Gasteiger charge is -2.04. The van der Waals surface area contributed by atoms with E-state index < -0.39 is 12.6 Å². The molecule has 0 aliphatic rings. The lowest BCUT2D eigenvalue weighted by Crippen LogP contribution is -2.15. The van der Waals surface area contributed by atoms with Crippen LogP contribution in [0.5, 0.6) is 5.75 Å². The first kappa shape index (κ1) is 18.4. The van der Waals surface area contributed by atoms with Gasteiger partial charge in [-0.25, -0.2) is 4.79 Å². The molecular weight excluding hydrogens is 386 g/mol. The number of benzene rings is 2. The number of carbonyl (C=O) groups is 2. The Balaban J connectivity index is 2.01. The van der Waals surface area contributed by atoms with Crippen LogP contribution in [-0.2, 0) is 9.53 Å². The van der Waals surface area contributed by atoms with Crippen LogP contribution in [0.2, 0.25) is 0 Å². The summed E-state index contributed by atoms with van der Waals surface area (Å²) >= 11 is 3.28. The minimum absolute atomic E-state index is 0.186. The van der Waals surface area contributed by atoms with Crippen LogP contribution in [0.4, 0.5) is 0 Å². The zero-order chi connectivity index (χ0) is 18.2. The van der Waals surface area contributed by atoms with Gasteiger partial charge in [-0.05, 0) is 35.9 Å². The third-order valence-corrected chi connectivity index (χ3v) is 3.80. The van der Waals surface area contributed by atoms with Gasteiger partial charge in [-0.15, -0.1) is 0 Å². The third-order valence-electron chi connectivity index (χ3n) is 3.27. The van der Waals surface area contributed by atoms with Crippen LogP contribution < -0.4 is 4.74 Å². The number of hydrogen-bond donors (Lipinski definition) is 0. The van der Waals surface area contributed by atoms with Crippen molar-refractivity contribution in [1.82, 2.24) is 0 Å². The van der Waals surface area contributed by atoms with Crippen molar-refractivity contribution in [2.24, 2.45) is 0 Å². The van der Waals surface area contributed by atoms with Crippen LogP contribution in [-0.4, -0.2) is 25.5 Å². The van der Waals surface area contributed by atoms with Crippen molar-refractivity contribution in [2.75, 3.05) is 13.7 Å². The van der Waals surface area contributed by atoms with E-state index in [2.05, 4.69) is 15.9 Å². The molecule has 0 heterocycles. The Morgan fingerprint density at radius 2 is 1.76 bits per heavy atom. The predicted octanol–water partition coefficient (Wildman–Crippen LogP) is 3.79. The van der Waals surface area contributed by atoms with Gasteiger partial charge >= 0.3 is 5.97 Å². The molecule has 0 aliphatic heterocycles. The molecule has 0 bridgehead atoms. The summed E-state index contributed by atoms with van der Waals surface area (Å²) < 4.78 is 10.8. The average Bonchev–Trinajstić information content (AvgIpc) is 2.65. The van der Waals surface area contributed by atoms with Gasteiger partial charge in [-0.1, -0.05) is 40.2 Å². The zero-order valence-electron chi connectivity index (χ0n) is 13.4. The number of ether oxygens (including phenoxy) is 2. The Kier molecular flexibility index (Phi) is 6.49. The molecule has 0 saturated heterocycles. The van der Waals surface area contributed by atoms with Gasteiger partial charge < -0.3 is 9.47 Å². The summed E-state index contributed by atoms with van der Waals surface area (Å²) in [5.74, 6) is -0.523. The van der Waals surface area contributed by atoms with E-state index in [1.165, 1.54) is 6.08 Å². The van der Waals surface area contributed by atoms with Gasteiger partial charge in [-0.2, -0.15) is 5.26 Å². The number of esters is 1. The predicted molar refractivity (Wildman–Crippen MR) is 96.0 cm³/mol. The van der Waals surface area contributed by atoms with Crippen LogP contribution in [0.1, 0.15) is 15.9 Å². The number of hydrogen-bond acceptors (Lipinski definition) is 5. The molecule has 0 radical (unpaired) electrons. The summed E-state index contributed by atoms with van der Waals surface area (Å²) in [7, 11) is 1.55. The number of nitriles is 1. The molecule has 25 heavy (non-hydrogen) atoms. The van der Waals surface area contributed by atoms with Crippen molar-refractivity contribution in [1.29, 1.82) is 5.26 Å². The zero-order valence-corrected chi connectivity index (χ0v) is 14.9. The topological polar surface area (TPSA) is 76.4 Å². The minimum Gasteiger partial charge on any atom is -0.497 e. The lowest BCUT2D eigenvalue weighted by molar-refractivity contribution is -0.137. The summed E-state index contributed by atoms with van der Waals surface area (Å²) in [6, 6.07) is 15.3. The highest BCUT2D eigenvalue weighted by molar-refractivity contribution is 9.10. The monoisotopic (exact) mass is 399 g/mol. The normalized spacial score (nSPS) is 10.7. The van der Waals surface area contributed by atoms with E-state index in [0.29, 0.717) is 16.9 Å². The first-order valence-corrected chi connectivity index (χ1v) is 8.04. The lowest BCUT2D eigenvalue weighted by atomic mass is 10.1. The summed E-state index contributed by atoms with van der Waals surface area (Å²) in [6.45, 7) is -0.428. The molecule has 5 nitrogen and oxygen atoms in total. The molecular formula is C19H14BrNO4. The molecule has 6 heteroatoms. The number of Topliss-reactive ketones (excluding diaryl/α,β-unsaturated/α-hetero) is 1. The Bertz CT molecular complexity index is 833. The summed E-state index contributed by atoms with van der Waals surface area (Å²) in [6.07, 6.45) is 1.39. The van der Waals surface area contributed by atoms with Crippen molar-refractivity contribution < 1.29 is 19.1 Å². The Morgan fingerprint density at radius 3 is 2.32 bits per heavy atom. The van der Waals surface area contributed by atoms with Crippen molar-refractivity contribution in [2.45, 2.75) is 0 Å². The molecule has 0 atom stereocenters. The first-order chi connectivity index (χ1) is 12.0. The summed E-state index contributed by atoms with van der Waals surface area (Å²) in [5.41, 5.74) is 0.885. The van der Waals surface area contributed by atoms with Crippen molar-refractivity contribution in [3.63, 3.8) is 0 Å². The molecule has 0 amide bonds. The number of ketones is 1. The van der Waals surface area contributed by atoms with Gasteiger partial charge in [0.1, 0.15) is 17.4 Å². The highest BCUT2D eigenvalue weighted by Crippen LogP contribution is 2.15. The van der Waals surface area contributed by atoms with Crippen LogP contribution in [0.25, 0.3) is 6.08 Å².